The van der Waals surface area contributed by atoms with Crippen molar-refractivity contribution in [3.63, 3.8) is 0 Å². The molecule has 1 aliphatic rings. The number of pyridine rings is 1. The van der Waals surface area contributed by atoms with Crippen LogP contribution in [0.4, 0.5) is 10.6 Å². The summed E-state index contributed by atoms with van der Waals surface area (Å²) >= 11 is 2.21. The molecule has 9 heteroatoms. The Morgan fingerprint density at radius 3 is 2.39 bits per heavy atom. The van der Waals surface area contributed by atoms with Crippen LogP contribution in [0.25, 0.3) is 10.9 Å². The zero-order chi connectivity index (χ0) is 20.6. The summed E-state index contributed by atoms with van der Waals surface area (Å²) in [7, 11) is 1.55. The third kappa shape index (κ3) is 4.23. The van der Waals surface area contributed by atoms with Gasteiger partial charge in [-0.05, 0) is 57.2 Å². The number of rotatable bonds is 2. The van der Waals surface area contributed by atoms with Gasteiger partial charge >= 0.3 is 12.1 Å². The lowest BCUT2D eigenvalue weighted by Crippen LogP contribution is -2.59. The minimum absolute atomic E-state index is 0.0195. The van der Waals surface area contributed by atoms with E-state index in [9.17, 15) is 4.79 Å². The molecule has 2 aromatic heterocycles. The molecule has 8 nitrogen and oxygen atoms in total. The van der Waals surface area contributed by atoms with Gasteiger partial charge in [0.25, 0.3) is 0 Å². The minimum Gasteiger partial charge on any atom is -0.467 e. The number of aromatic nitrogens is 3. The molecule has 1 aliphatic heterocycles. The van der Waals surface area contributed by atoms with Crippen LogP contribution in [0.1, 0.15) is 34.6 Å². The van der Waals surface area contributed by atoms with Crippen LogP contribution < -0.4 is 9.64 Å². The van der Waals surface area contributed by atoms with Crippen LogP contribution >= 0.6 is 22.6 Å². The first-order valence-electron chi connectivity index (χ1n) is 9.22. The molecule has 1 fully saturated rings. The van der Waals surface area contributed by atoms with Gasteiger partial charge < -0.3 is 14.4 Å². The van der Waals surface area contributed by atoms with Crippen molar-refractivity contribution in [2.45, 2.75) is 52.3 Å². The zero-order valence-electron chi connectivity index (χ0n) is 17.1. The van der Waals surface area contributed by atoms with E-state index in [1.807, 2.05) is 39.5 Å². The molecule has 1 amide bonds. The largest absolute Gasteiger partial charge is 0.467 e. The van der Waals surface area contributed by atoms with Gasteiger partial charge in [0, 0.05) is 25.5 Å². The SMILES string of the molecule is COc1ncc2c(N3C[C@@H](C)N(C(=O)OC(C)(C)C)[C@@H](C)C3)ncc(I)c2n1. The van der Waals surface area contributed by atoms with E-state index in [4.69, 9.17) is 9.47 Å². The molecule has 3 heterocycles. The lowest BCUT2D eigenvalue weighted by Gasteiger charge is -2.45. The monoisotopic (exact) mass is 499 g/mol. The van der Waals surface area contributed by atoms with Crippen molar-refractivity contribution < 1.29 is 14.3 Å². The standard InChI is InChI=1S/C19H26IN5O3/c1-11-9-24(10-12(2)25(11)18(26)28-19(3,4)5)16-13-7-22-17(27-6)23-15(13)14(20)8-21-16/h7-8,11-12H,9-10H2,1-6H3/t11-,12+. The highest BCUT2D eigenvalue weighted by Crippen LogP contribution is 2.30. The molecule has 0 spiro atoms. The zero-order valence-corrected chi connectivity index (χ0v) is 19.2. The Hall–Kier alpha value is -1.91. The number of hydrogen-bond acceptors (Lipinski definition) is 7. The normalized spacial score (nSPS) is 20.4. The summed E-state index contributed by atoms with van der Waals surface area (Å²) < 4.78 is 11.7. The van der Waals surface area contributed by atoms with E-state index in [-0.39, 0.29) is 18.2 Å². The Labute approximate surface area is 178 Å². The van der Waals surface area contributed by atoms with E-state index in [2.05, 4.69) is 42.4 Å². The van der Waals surface area contributed by atoms with Crippen LogP contribution in [0.2, 0.25) is 0 Å². The van der Waals surface area contributed by atoms with Crippen molar-refractivity contribution in [2.24, 2.45) is 0 Å². The molecule has 0 saturated carbocycles. The van der Waals surface area contributed by atoms with E-state index in [0.717, 1.165) is 20.3 Å². The quantitative estimate of drug-likeness (QED) is 0.586. The van der Waals surface area contributed by atoms with Gasteiger partial charge in [-0.1, -0.05) is 0 Å². The minimum atomic E-state index is -0.516. The molecule has 1 saturated heterocycles. The van der Waals surface area contributed by atoms with Crippen LogP contribution in [0.3, 0.4) is 0 Å². The second-order valence-corrected chi connectivity index (χ2v) is 9.20. The second kappa shape index (κ2) is 7.84. The molecule has 0 unspecified atom stereocenters. The number of carbonyl (C=O) groups is 1. The summed E-state index contributed by atoms with van der Waals surface area (Å²) in [6.45, 7) is 11.0. The summed E-state index contributed by atoms with van der Waals surface area (Å²) in [4.78, 5) is 30.0. The van der Waals surface area contributed by atoms with E-state index in [0.29, 0.717) is 19.1 Å². The predicted octanol–water partition coefficient (Wildman–Crippen LogP) is 3.47. The van der Waals surface area contributed by atoms with Crippen LogP contribution in [-0.2, 0) is 4.74 Å². The molecule has 152 valence electrons. The fraction of sp³-hybridized carbons (Fsp3) is 0.579. The van der Waals surface area contributed by atoms with E-state index < -0.39 is 5.60 Å². The number of hydrogen-bond donors (Lipinski definition) is 0. The van der Waals surface area contributed by atoms with Crippen molar-refractivity contribution in [1.29, 1.82) is 0 Å². The highest BCUT2D eigenvalue weighted by Gasteiger charge is 2.36. The Kier molecular flexibility index (Phi) is 5.83. The number of fused-ring (bicyclic) bond motifs is 1. The first kappa shape index (κ1) is 20.8. The second-order valence-electron chi connectivity index (χ2n) is 8.04. The van der Waals surface area contributed by atoms with Crippen LogP contribution in [0.5, 0.6) is 6.01 Å². The highest BCUT2D eigenvalue weighted by atomic mass is 127. The molecule has 0 bridgehead atoms. The molecule has 3 rings (SSSR count). The summed E-state index contributed by atoms with van der Waals surface area (Å²) in [6.07, 6.45) is 3.28. The van der Waals surface area contributed by atoms with Crippen LogP contribution in [0.15, 0.2) is 12.4 Å². The topological polar surface area (TPSA) is 80.7 Å². The number of anilines is 1. The van der Waals surface area contributed by atoms with Crippen molar-refractivity contribution in [3.8, 4) is 6.01 Å². The Morgan fingerprint density at radius 2 is 1.82 bits per heavy atom. The first-order chi connectivity index (χ1) is 13.1. The third-order valence-electron chi connectivity index (χ3n) is 4.54. The number of amides is 1. The van der Waals surface area contributed by atoms with Gasteiger partial charge in [0.1, 0.15) is 11.4 Å². The van der Waals surface area contributed by atoms with E-state index in [1.54, 1.807) is 19.5 Å². The van der Waals surface area contributed by atoms with Crippen molar-refractivity contribution >= 4 is 45.4 Å². The van der Waals surface area contributed by atoms with Crippen molar-refractivity contribution in [3.05, 3.63) is 16.0 Å². The number of halogens is 1. The predicted molar refractivity (Wildman–Crippen MR) is 116 cm³/mol. The number of carbonyl (C=O) groups excluding carboxylic acids is 1. The lowest BCUT2D eigenvalue weighted by atomic mass is 10.1. The smallest absolute Gasteiger partial charge is 0.410 e. The average Bonchev–Trinajstić information content (AvgIpc) is 2.59. The average molecular weight is 499 g/mol. The molecule has 0 aromatic carbocycles. The fourth-order valence-corrected chi connectivity index (χ4v) is 4.03. The van der Waals surface area contributed by atoms with E-state index in [1.165, 1.54) is 0 Å². The maximum absolute atomic E-state index is 12.6. The van der Waals surface area contributed by atoms with Crippen molar-refractivity contribution in [2.75, 3.05) is 25.1 Å². The first-order valence-corrected chi connectivity index (χ1v) is 10.3. The summed E-state index contributed by atoms with van der Waals surface area (Å²) in [5.41, 5.74) is 0.296. The molecule has 2 aromatic rings. The van der Waals surface area contributed by atoms with Gasteiger partial charge in [-0.2, -0.15) is 4.98 Å². The molecular formula is C19H26IN5O3. The Morgan fingerprint density at radius 1 is 1.18 bits per heavy atom. The maximum Gasteiger partial charge on any atom is 0.410 e. The maximum atomic E-state index is 12.6. The van der Waals surface area contributed by atoms with Gasteiger partial charge in [-0.3, -0.25) is 4.90 Å². The van der Waals surface area contributed by atoms with Crippen LogP contribution in [-0.4, -0.2) is 63.8 Å². The molecule has 0 aliphatic carbocycles. The van der Waals surface area contributed by atoms with Gasteiger partial charge in [0.15, 0.2) is 0 Å². The van der Waals surface area contributed by atoms with Gasteiger partial charge in [0.05, 0.1) is 33.7 Å². The van der Waals surface area contributed by atoms with Gasteiger partial charge in [-0.15, -0.1) is 0 Å². The van der Waals surface area contributed by atoms with Crippen molar-refractivity contribution in [1.82, 2.24) is 19.9 Å². The fourth-order valence-electron chi connectivity index (χ4n) is 3.48. The lowest BCUT2D eigenvalue weighted by molar-refractivity contribution is 0.00562. The molecule has 0 radical (unpaired) electrons. The molecule has 28 heavy (non-hydrogen) atoms. The molecule has 2 atom stereocenters. The molecule has 0 N–H and O–H groups in total. The number of methoxy groups -OCH3 is 1. The number of ether oxygens (including phenoxy) is 2. The van der Waals surface area contributed by atoms with E-state index >= 15 is 0 Å². The summed E-state index contributed by atoms with van der Waals surface area (Å²) in [6, 6.07) is 0.293. The molecular weight excluding hydrogens is 473 g/mol. The summed E-state index contributed by atoms with van der Waals surface area (Å²) in [5.74, 6) is 0.820. The van der Waals surface area contributed by atoms with Gasteiger partial charge in [0.2, 0.25) is 0 Å². The van der Waals surface area contributed by atoms with Crippen LogP contribution in [0, 0.1) is 3.57 Å². The summed E-state index contributed by atoms with van der Waals surface area (Å²) in [5, 5.41) is 0.873. The Bertz CT molecular complexity index is 874. The highest BCUT2D eigenvalue weighted by molar-refractivity contribution is 14.1. The Balaban J connectivity index is 1.89. The number of piperazine rings is 1. The van der Waals surface area contributed by atoms with Gasteiger partial charge in [-0.25, -0.2) is 14.8 Å². The number of nitrogens with zero attached hydrogens (tertiary/aromatic N) is 5. The third-order valence-corrected chi connectivity index (χ3v) is 5.33.